The predicted molar refractivity (Wildman–Crippen MR) is 76.8 cm³/mol. The van der Waals surface area contributed by atoms with Gasteiger partial charge in [0.1, 0.15) is 0 Å². The maximum absolute atomic E-state index is 3.50. The summed E-state index contributed by atoms with van der Waals surface area (Å²) >= 11 is 0. The van der Waals surface area contributed by atoms with Crippen molar-refractivity contribution in [1.82, 2.24) is 10.2 Å². The van der Waals surface area contributed by atoms with Crippen LogP contribution >= 0.6 is 0 Å². The number of hydrogen-bond donors (Lipinski definition) is 1. The second kappa shape index (κ2) is 5.13. The Morgan fingerprint density at radius 3 is 2.11 bits per heavy atom. The smallest absolute Gasteiger partial charge is 0.00363 e. The molecule has 2 saturated heterocycles. The summed E-state index contributed by atoms with van der Waals surface area (Å²) in [6.45, 7) is 9.08. The maximum Gasteiger partial charge on any atom is 0.00363 e. The Morgan fingerprint density at radius 2 is 1.50 bits per heavy atom. The second-order valence-electron chi connectivity index (χ2n) is 7.54. The number of nitrogens with zero attached hydrogens (tertiary/aromatic N) is 1. The third kappa shape index (κ3) is 2.75. The minimum absolute atomic E-state index is 0.589. The lowest BCUT2D eigenvalue weighted by molar-refractivity contribution is 0.0613. The number of rotatable bonds is 2. The average Bonchev–Trinajstić information content (AvgIpc) is 2.82. The molecule has 2 heteroatoms. The van der Waals surface area contributed by atoms with Crippen molar-refractivity contribution >= 4 is 0 Å². The fraction of sp³-hybridized carbons (Fsp3) is 1.00. The Kier molecular flexibility index (Phi) is 3.68. The molecule has 104 valence electrons. The van der Waals surface area contributed by atoms with Gasteiger partial charge in [0.15, 0.2) is 0 Å². The van der Waals surface area contributed by atoms with E-state index < -0.39 is 0 Å². The molecule has 18 heavy (non-hydrogen) atoms. The molecule has 0 unspecified atom stereocenters. The molecule has 3 aliphatic rings. The first-order valence-corrected chi connectivity index (χ1v) is 8.13. The Labute approximate surface area is 113 Å². The fourth-order valence-electron chi connectivity index (χ4n) is 4.54. The van der Waals surface area contributed by atoms with Crippen molar-refractivity contribution < 1.29 is 0 Å². The Hall–Kier alpha value is -0.0800. The van der Waals surface area contributed by atoms with E-state index >= 15 is 0 Å². The van der Waals surface area contributed by atoms with Gasteiger partial charge >= 0.3 is 0 Å². The van der Waals surface area contributed by atoms with Crippen molar-refractivity contribution in [3.63, 3.8) is 0 Å². The molecule has 2 aliphatic heterocycles. The van der Waals surface area contributed by atoms with Crippen LogP contribution in [-0.4, -0.2) is 37.6 Å². The van der Waals surface area contributed by atoms with Crippen LogP contribution < -0.4 is 5.32 Å². The van der Waals surface area contributed by atoms with Gasteiger partial charge in [-0.1, -0.05) is 19.8 Å². The van der Waals surface area contributed by atoms with Gasteiger partial charge in [-0.15, -0.1) is 0 Å². The van der Waals surface area contributed by atoms with E-state index in [-0.39, 0.29) is 0 Å². The van der Waals surface area contributed by atoms with Crippen molar-refractivity contribution in [2.75, 3.05) is 32.7 Å². The van der Waals surface area contributed by atoms with Crippen LogP contribution in [0.15, 0.2) is 0 Å². The van der Waals surface area contributed by atoms with Gasteiger partial charge in [-0.05, 0) is 75.5 Å². The van der Waals surface area contributed by atoms with Gasteiger partial charge in [-0.3, -0.25) is 0 Å². The van der Waals surface area contributed by atoms with Crippen molar-refractivity contribution in [2.24, 2.45) is 10.8 Å². The van der Waals surface area contributed by atoms with E-state index in [0.29, 0.717) is 5.41 Å². The van der Waals surface area contributed by atoms with E-state index in [4.69, 9.17) is 0 Å². The third-order valence-electron chi connectivity index (χ3n) is 6.00. The monoisotopic (exact) mass is 250 g/mol. The van der Waals surface area contributed by atoms with Crippen molar-refractivity contribution in [2.45, 2.75) is 58.3 Å². The standard InChI is InChI=1S/C16H30N2/c1-15(6-10-17-11-7-15)14-18-12-8-16(9-13-18)4-2-3-5-16/h17H,2-14H2,1H3. The highest BCUT2D eigenvalue weighted by Gasteiger charge is 2.38. The van der Waals surface area contributed by atoms with E-state index in [2.05, 4.69) is 17.1 Å². The van der Waals surface area contributed by atoms with Gasteiger partial charge in [-0.25, -0.2) is 0 Å². The first-order valence-electron chi connectivity index (χ1n) is 8.13. The van der Waals surface area contributed by atoms with Gasteiger partial charge in [0.05, 0.1) is 0 Å². The van der Waals surface area contributed by atoms with Crippen LogP contribution in [-0.2, 0) is 0 Å². The third-order valence-corrected chi connectivity index (χ3v) is 6.00. The molecule has 0 aromatic rings. The Bertz CT molecular complexity index is 265. The summed E-state index contributed by atoms with van der Waals surface area (Å²) in [5.74, 6) is 0. The molecule has 0 bridgehead atoms. The highest BCUT2D eigenvalue weighted by Crippen LogP contribution is 2.46. The lowest BCUT2D eigenvalue weighted by Gasteiger charge is -2.44. The van der Waals surface area contributed by atoms with Crippen LogP contribution in [0.5, 0.6) is 0 Å². The highest BCUT2D eigenvalue weighted by atomic mass is 15.1. The van der Waals surface area contributed by atoms with Crippen LogP contribution in [0, 0.1) is 10.8 Å². The molecule has 2 nitrogen and oxygen atoms in total. The first kappa shape index (κ1) is 12.9. The van der Waals surface area contributed by atoms with E-state index in [9.17, 15) is 0 Å². The molecule has 0 aromatic carbocycles. The van der Waals surface area contributed by atoms with Crippen molar-refractivity contribution in [3.8, 4) is 0 Å². The molecule has 3 rings (SSSR count). The summed E-state index contributed by atoms with van der Waals surface area (Å²) in [6, 6.07) is 0. The molecule has 1 aliphatic carbocycles. The summed E-state index contributed by atoms with van der Waals surface area (Å²) in [7, 11) is 0. The minimum Gasteiger partial charge on any atom is -0.317 e. The SMILES string of the molecule is CC1(CN2CCC3(CCCC3)CC2)CCNCC1. The number of nitrogens with one attached hydrogen (secondary N) is 1. The zero-order valence-corrected chi connectivity index (χ0v) is 12.1. The predicted octanol–water partition coefficient (Wildman–Crippen LogP) is 3.03. The van der Waals surface area contributed by atoms with Gasteiger partial charge < -0.3 is 10.2 Å². The Morgan fingerprint density at radius 1 is 0.889 bits per heavy atom. The topological polar surface area (TPSA) is 15.3 Å². The number of hydrogen-bond acceptors (Lipinski definition) is 2. The van der Waals surface area contributed by atoms with Crippen molar-refractivity contribution in [1.29, 1.82) is 0 Å². The number of likely N-dealkylation sites (tertiary alicyclic amines) is 1. The quantitative estimate of drug-likeness (QED) is 0.810. The Balaban J connectivity index is 1.50. The first-order chi connectivity index (χ1) is 8.70. The van der Waals surface area contributed by atoms with Crippen LogP contribution in [0.3, 0.4) is 0 Å². The molecule has 0 radical (unpaired) electrons. The maximum atomic E-state index is 3.50. The van der Waals surface area contributed by atoms with Gasteiger partial charge in [0.25, 0.3) is 0 Å². The van der Waals surface area contributed by atoms with Gasteiger partial charge in [0.2, 0.25) is 0 Å². The molecule has 0 aromatic heterocycles. The van der Waals surface area contributed by atoms with Crippen LogP contribution in [0.1, 0.15) is 58.3 Å². The summed E-state index contributed by atoms with van der Waals surface area (Å²) in [5.41, 5.74) is 1.37. The molecule has 3 fully saturated rings. The molecular formula is C16H30N2. The summed E-state index contributed by atoms with van der Waals surface area (Å²) in [5, 5.41) is 3.50. The van der Waals surface area contributed by atoms with Crippen LogP contribution in [0.2, 0.25) is 0 Å². The zero-order chi connectivity index (χ0) is 12.5. The van der Waals surface area contributed by atoms with Crippen molar-refractivity contribution in [3.05, 3.63) is 0 Å². The van der Waals surface area contributed by atoms with Gasteiger partial charge in [-0.2, -0.15) is 0 Å². The molecule has 2 heterocycles. The van der Waals surface area contributed by atoms with E-state index in [1.165, 1.54) is 84.1 Å². The normalized spacial score (nSPS) is 31.8. The van der Waals surface area contributed by atoms with Crippen LogP contribution in [0.4, 0.5) is 0 Å². The molecule has 1 saturated carbocycles. The summed E-state index contributed by atoms with van der Waals surface area (Å²) < 4.78 is 0. The van der Waals surface area contributed by atoms with E-state index in [0.717, 1.165) is 5.41 Å². The highest BCUT2D eigenvalue weighted by molar-refractivity contribution is 4.92. The van der Waals surface area contributed by atoms with Crippen LogP contribution in [0.25, 0.3) is 0 Å². The molecule has 1 N–H and O–H groups in total. The minimum atomic E-state index is 0.589. The second-order valence-corrected chi connectivity index (χ2v) is 7.54. The average molecular weight is 250 g/mol. The zero-order valence-electron chi connectivity index (χ0n) is 12.1. The van der Waals surface area contributed by atoms with E-state index in [1.54, 1.807) is 0 Å². The lowest BCUT2D eigenvalue weighted by Crippen LogP contribution is -2.47. The molecular weight excluding hydrogens is 220 g/mol. The largest absolute Gasteiger partial charge is 0.317 e. The van der Waals surface area contributed by atoms with Gasteiger partial charge in [0, 0.05) is 6.54 Å². The molecule has 1 spiro atoms. The lowest BCUT2D eigenvalue weighted by atomic mass is 9.75. The molecule has 0 atom stereocenters. The summed E-state index contributed by atoms with van der Waals surface area (Å²) in [6.07, 6.45) is 11.8. The number of piperidine rings is 2. The summed E-state index contributed by atoms with van der Waals surface area (Å²) in [4.78, 5) is 2.77. The fourth-order valence-corrected chi connectivity index (χ4v) is 4.54. The van der Waals surface area contributed by atoms with E-state index in [1.807, 2.05) is 0 Å². The molecule has 0 amide bonds.